The van der Waals surface area contributed by atoms with Gasteiger partial charge in [0.15, 0.2) is 0 Å². The molecule has 0 fully saturated rings. The van der Waals surface area contributed by atoms with E-state index in [-0.39, 0.29) is 36.0 Å². The molecule has 32 heavy (non-hydrogen) atoms. The predicted molar refractivity (Wildman–Crippen MR) is 116 cm³/mol. The predicted octanol–water partition coefficient (Wildman–Crippen LogP) is 3.32. The number of nitrogens with zero attached hydrogens (tertiary/aromatic N) is 1. The van der Waals surface area contributed by atoms with Gasteiger partial charge < -0.3 is 19.7 Å². The molecular formula is C23H21ClF2N2O4. The normalized spacial score (nSPS) is 10.8. The molecule has 0 spiro atoms. The number of halogens is 3. The van der Waals surface area contributed by atoms with Crippen molar-refractivity contribution in [3.8, 4) is 5.75 Å². The van der Waals surface area contributed by atoms with E-state index in [0.717, 1.165) is 23.3 Å². The molecule has 0 aliphatic rings. The van der Waals surface area contributed by atoms with Crippen molar-refractivity contribution in [1.29, 1.82) is 0 Å². The van der Waals surface area contributed by atoms with Gasteiger partial charge >= 0.3 is 0 Å². The summed E-state index contributed by atoms with van der Waals surface area (Å²) in [6.45, 7) is 1.50. The zero-order chi connectivity index (χ0) is 23.3. The molecule has 2 aromatic carbocycles. The van der Waals surface area contributed by atoms with Gasteiger partial charge in [-0.05, 0) is 30.2 Å². The fourth-order valence-electron chi connectivity index (χ4n) is 3.01. The molecule has 2 N–H and O–H groups in total. The lowest BCUT2D eigenvalue weighted by Gasteiger charge is -2.15. The van der Waals surface area contributed by atoms with Crippen LogP contribution < -0.4 is 15.6 Å². The van der Waals surface area contributed by atoms with Crippen molar-refractivity contribution in [3.63, 3.8) is 0 Å². The number of aromatic nitrogens is 1. The summed E-state index contributed by atoms with van der Waals surface area (Å²) in [5, 5.41) is 11.2. The number of rotatable bonds is 8. The number of hydrogen-bond donors (Lipinski definition) is 2. The van der Waals surface area contributed by atoms with E-state index in [2.05, 4.69) is 5.32 Å². The molecule has 3 aromatic rings. The Morgan fingerprint density at radius 2 is 1.81 bits per heavy atom. The number of pyridine rings is 1. The first-order valence-electron chi connectivity index (χ1n) is 9.70. The van der Waals surface area contributed by atoms with E-state index in [1.54, 1.807) is 13.0 Å². The fourth-order valence-corrected chi connectivity index (χ4v) is 3.22. The van der Waals surface area contributed by atoms with Crippen LogP contribution in [0.5, 0.6) is 5.75 Å². The summed E-state index contributed by atoms with van der Waals surface area (Å²) in [7, 11) is 0. The minimum atomic E-state index is -0.745. The summed E-state index contributed by atoms with van der Waals surface area (Å²) >= 11 is 6.20. The topological polar surface area (TPSA) is 80.6 Å². The molecule has 1 aromatic heterocycles. The third-order valence-electron chi connectivity index (χ3n) is 4.81. The first-order chi connectivity index (χ1) is 15.3. The van der Waals surface area contributed by atoms with Crippen molar-refractivity contribution in [2.75, 3.05) is 6.61 Å². The number of benzene rings is 2. The summed E-state index contributed by atoms with van der Waals surface area (Å²) in [4.78, 5) is 23.9. The first-order valence-corrected chi connectivity index (χ1v) is 10.1. The highest BCUT2D eigenvalue weighted by Gasteiger charge is 2.14. The Morgan fingerprint density at radius 3 is 2.47 bits per heavy atom. The minimum Gasteiger partial charge on any atom is -0.487 e. The summed E-state index contributed by atoms with van der Waals surface area (Å²) in [6.07, 6.45) is 0. The van der Waals surface area contributed by atoms with Crippen LogP contribution in [0.3, 0.4) is 0 Å². The number of hydrogen-bond acceptors (Lipinski definition) is 4. The Bertz CT molecular complexity index is 1180. The van der Waals surface area contributed by atoms with Gasteiger partial charge in [0.25, 0.3) is 5.56 Å². The molecule has 0 atom stereocenters. The lowest BCUT2D eigenvalue weighted by Crippen LogP contribution is -2.25. The van der Waals surface area contributed by atoms with Gasteiger partial charge in [-0.2, -0.15) is 0 Å². The Labute approximate surface area is 188 Å². The molecule has 0 aliphatic carbocycles. The fraction of sp³-hybridized carbons (Fsp3) is 0.217. The summed E-state index contributed by atoms with van der Waals surface area (Å²) in [5.41, 5.74) is 1.95. The Hall–Kier alpha value is -3.23. The van der Waals surface area contributed by atoms with Gasteiger partial charge in [0, 0.05) is 29.9 Å². The lowest BCUT2D eigenvalue weighted by atomic mass is 10.1. The number of nitrogens with one attached hydrogen (secondary N) is 1. The molecule has 3 rings (SSSR count). The zero-order valence-electron chi connectivity index (χ0n) is 17.2. The summed E-state index contributed by atoms with van der Waals surface area (Å²) in [5.74, 6) is -1.78. The smallest absolute Gasteiger partial charge is 0.273 e. The summed E-state index contributed by atoms with van der Waals surface area (Å²) in [6, 6.07) is 12.0. The number of ether oxygens (including phenoxy) is 1. The van der Waals surface area contributed by atoms with E-state index in [1.807, 2.05) is 24.3 Å². The molecule has 0 unspecified atom stereocenters. The highest BCUT2D eigenvalue weighted by Crippen LogP contribution is 2.24. The molecule has 1 heterocycles. The SMILES string of the molecule is Cc1cc(OCc2ccc(F)cc2F)c(Cl)c(=O)n1Cc1ccc(CNC(=O)CO)cc1. The number of aliphatic hydroxyl groups is 1. The summed E-state index contributed by atoms with van der Waals surface area (Å²) < 4.78 is 33.8. The van der Waals surface area contributed by atoms with Crippen LogP contribution in [-0.4, -0.2) is 22.2 Å². The second-order valence-corrected chi connectivity index (χ2v) is 7.51. The van der Waals surface area contributed by atoms with Crippen LogP contribution in [-0.2, 0) is 24.5 Å². The molecule has 0 bridgehead atoms. The van der Waals surface area contributed by atoms with Crippen LogP contribution >= 0.6 is 11.6 Å². The Kier molecular flexibility index (Phi) is 7.61. The third kappa shape index (κ3) is 5.72. The Balaban J connectivity index is 1.72. The van der Waals surface area contributed by atoms with E-state index in [9.17, 15) is 18.4 Å². The number of aliphatic hydroxyl groups excluding tert-OH is 1. The molecule has 0 saturated heterocycles. The largest absolute Gasteiger partial charge is 0.487 e. The number of carbonyl (C=O) groups excluding carboxylic acids is 1. The van der Waals surface area contributed by atoms with E-state index < -0.39 is 29.7 Å². The van der Waals surface area contributed by atoms with Gasteiger partial charge in [0.2, 0.25) is 5.91 Å². The average molecular weight is 463 g/mol. The van der Waals surface area contributed by atoms with E-state index in [1.165, 1.54) is 10.6 Å². The maximum absolute atomic E-state index is 13.8. The molecule has 9 heteroatoms. The number of carbonyl (C=O) groups is 1. The van der Waals surface area contributed by atoms with Crippen LogP contribution in [0.25, 0.3) is 0 Å². The van der Waals surface area contributed by atoms with Crippen LogP contribution in [0.15, 0.2) is 53.3 Å². The highest BCUT2D eigenvalue weighted by molar-refractivity contribution is 6.31. The van der Waals surface area contributed by atoms with Crippen molar-refractivity contribution < 1.29 is 23.4 Å². The third-order valence-corrected chi connectivity index (χ3v) is 5.16. The number of amides is 1. The highest BCUT2D eigenvalue weighted by atomic mass is 35.5. The molecule has 0 saturated carbocycles. The van der Waals surface area contributed by atoms with Crippen LogP contribution in [0.4, 0.5) is 8.78 Å². The quantitative estimate of drug-likeness (QED) is 0.538. The second-order valence-electron chi connectivity index (χ2n) is 7.13. The molecule has 168 valence electrons. The first kappa shape index (κ1) is 23.4. The minimum absolute atomic E-state index is 0.115. The molecule has 0 radical (unpaired) electrons. The second kappa shape index (κ2) is 10.4. The maximum Gasteiger partial charge on any atom is 0.273 e. The monoisotopic (exact) mass is 462 g/mol. The van der Waals surface area contributed by atoms with Crippen LogP contribution in [0, 0.1) is 18.6 Å². The van der Waals surface area contributed by atoms with Crippen molar-refractivity contribution in [1.82, 2.24) is 9.88 Å². The van der Waals surface area contributed by atoms with Crippen LogP contribution in [0.1, 0.15) is 22.4 Å². The van der Waals surface area contributed by atoms with Gasteiger partial charge in [-0.15, -0.1) is 0 Å². The van der Waals surface area contributed by atoms with Crippen LogP contribution in [0.2, 0.25) is 5.02 Å². The number of aryl methyl sites for hydroxylation is 1. The Morgan fingerprint density at radius 1 is 1.12 bits per heavy atom. The maximum atomic E-state index is 13.8. The van der Waals surface area contributed by atoms with E-state index in [4.69, 9.17) is 21.4 Å². The lowest BCUT2D eigenvalue weighted by molar-refractivity contribution is -0.123. The van der Waals surface area contributed by atoms with Gasteiger partial charge in [0.1, 0.15) is 35.6 Å². The molecule has 1 amide bonds. The zero-order valence-corrected chi connectivity index (χ0v) is 18.0. The van der Waals surface area contributed by atoms with Gasteiger partial charge in [-0.3, -0.25) is 9.59 Å². The molecular weight excluding hydrogens is 442 g/mol. The van der Waals surface area contributed by atoms with Crippen molar-refractivity contribution in [3.05, 3.63) is 97.9 Å². The molecule has 0 aliphatic heterocycles. The van der Waals surface area contributed by atoms with Crippen molar-refractivity contribution in [2.24, 2.45) is 0 Å². The van der Waals surface area contributed by atoms with Crippen molar-refractivity contribution >= 4 is 17.5 Å². The average Bonchev–Trinajstić information content (AvgIpc) is 2.78. The van der Waals surface area contributed by atoms with Crippen molar-refractivity contribution in [2.45, 2.75) is 26.6 Å². The molecule has 6 nitrogen and oxygen atoms in total. The standard InChI is InChI=1S/C23H21ClF2N2O4/c1-14-8-20(32-13-17-6-7-18(25)9-19(17)26)22(24)23(31)28(14)11-16-4-2-15(3-5-16)10-27-21(30)12-29/h2-9,29H,10-13H2,1H3,(H,27,30). The van der Waals surface area contributed by atoms with Gasteiger partial charge in [0.05, 0.1) is 6.54 Å². The van der Waals surface area contributed by atoms with Gasteiger partial charge in [-0.25, -0.2) is 8.78 Å². The van der Waals surface area contributed by atoms with E-state index in [0.29, 0.717) is 5.69 Å². The van der Waals surface area contributed by atoms with E-state index >= 15 is 0 Å². The van der Waals surface area contributed by atoms with Gasteiger partial charge in [-0.1, -0.05) is 35.9 Å².